The second kappa shape index (κ2) is 8.56. The van der Waals surface area contributed by atoms with Gasteiger partial charge in [-0.3, -0.25) is 24.5 Å². The molecule has 2 rings (SSSR count). The molecule has 4 N–H and O–H groups in total. The molecular formula is C18H18N4O5. The van der Waals surface area contributed by atoms with Gasteiger partial charge in [0.05, 0.1) is 4.92 Å². The molecule has 0 radical (unpaired) electrons. The second-order valence-corrected chi connectivity index (χ2v) is 5.78. The molecular weight excluding hydrogens is 352 g/mol. The molecule has 1 atom stereocenters. The summed E-state index contributed by atoms with van der Waals surface area (Å²) >= 11 is 0. The Morgan fingerprint density at radius 1 is 1.15 bits per heavy atom. The lowest BCUT2D eigenvalue weighted by atomic mass is 10.0. The summed E-state index contributed by atoms with van der Waals surface area (Å²) in [4.78, 5) is 45.9. The predicted molar refractivity (Wildman–Crippen MR) is 98.0 cm³/mol. The zero-order valence-corrected chi connectivity index (χ0v) is 14.5. The Morgan fingerprint density at radius 3 is 2.48 bits per heavy atom. The van der Waals surface area contributed by atoms with Gasteiger partial charge in [-0.15, -0.1) is 0 Å². The van der Waals surface area contributed by atoms with Crippen molar-refractivity contribution in [2.45, 2.75) is 19.4 Å². The second-order valence-electron chi connectivity index (χ2n) is 5.78. The number of hydrogen-bond donors (Lipinski definition) is 3. The Balaban J connectivity index is 2.19. The van der Waals surface area contributed by atoms with Crippen LogP contribution in [-0.4, -0.2) is 28.7 Å². The van der Waals surface area contributed by atoms with Gasteiger partial charge in [-0.05, 0) is 18.2 Å². The zero-order chi connectivity index (χ0) is 20.0. The Kier molecular flexibility index (Phi) is 6.21. The first-order valence-electron chi connectivity index (χ1n) is 7.98. The van der Waals surface area contributed by atoms with Crippen LogP contribution in [0.25, 0.3) is 0 Å². The van der Waals surface area contributed by atoms with Crippen LogP contribution in [0.1, 0.15) is 22.8 Å². The number of carbonyl (C=O) groups excluding carboxylic acids is 3. The van der Waals surface area contributed by atoms with Crippen LogP contribution in [0.3, 0.4) is 0 Å². The van der Waals surface area contributed by atoms with Crippen LogP contribution in [0.5, 0.6) is 0 Å². The van der Waals surface area contributed by atoms with Gasteiger partial charge in [0, 0.05) is 36.2 Å². The number of amides is 3. The highest BCUT2D eigenvalue weighted by Gasteiger charge is 2.23. The predicted octanol–water partition coefficient (Wildman–Crippen LogP) is 1.38. The summed E-state index contributed by atoms with van der Waals surface area (Å²) in [6.45, 7) is 1.34. The maximum absolute atomic E-state index is 12.4. The number of nitrogens with zero attached hydrogens (tertiary/aromatic N) is 1. The Morgan fingerprint density at radius 2 is 1.85 bits per heavy atom. The van der Waals surface area contributed by atoms with Crippen LogP contribution in [0.4, 0.5) is 11.4 Å². The number of hydrogen-bond acceptors (Lipinski definition) is 5. The van der Waals surface area contributed by atoms with Crippen molar-refractivity contribution in [3.8, 4) is 0 Å². The van der Waals surface area contributed by atoms with E-state index in [4.69, 9.17) is 5.73 Å². The lowest BCUT2D eigenvalue weighted by Crippen LogP contribution is -2.45. The number of primary amides is 1. The fourth-order valence-corrected chi connectivity index (χ4v) is 2.49. The molecule has 140 valence electrons. The molecule has 3 amide bonds. The van der Waals surface area contributed by atoms with Crippen LogP contribution in [-0.2, 0) is 16.0 Å². The SMILES string of the molecule is CC(=O)Nc1cccc(C(=O)N[C@@H](Cc2ccccc2[N+](=O)[O-])C(N)=O)c1. The fraction of sp³-hybridized carbons (Fsp3) is 0.167. The van der Waals surface area contributed by atoms with Crippen molar-refractivity contribution in [3.05, 3.63) is 69.8 Å². The van der Waals surface area contributed by atoms with Crippen molar-refractivity contribution in [1.82, 2.24) is 5.32 Å². The third-order valence-electron chi connectivity index (χ3n) is 3.71. The molecule has 0 spiro atoms. The van der Waals surface area contributed by atoms with Gasteiger partial charge in [0.2, 0.25) is 11.8 Å². The van der Waals surface area contributed by atoms with Crippen molar-refractivity contribution in [2.24, 2.45) is 5.73 Å². The summed E-state index contributed by atoms with van der Waals surface area (Å²) in [7, 11) is 0. The molecule has 27 heavy (non-hydrogen) atoms. The van der Waals surface area contributed by atoms with E-state index < -0.39 is 22.8 Å². The van der Waals surface area contributed by atoms with Crippen LogP contribution in [0.2, 0.25) is 0 Å². The van der Waals surface area contributed by atoms with Crippen LogP contribution in [0, 0.1) is 10.1 Å². The molecule has 2 aromatic rings. The smallest absolute Gasteiger partial charge is 0.272 e. The zero-order valence-electron chi connectivity index (χ0n) is 14.5. The molecule has 0 aliphatic rings. The first kappa shape index (κ1) is 19.6. The van der Waals surface area contributed by atoms with Gasteiger partial charge >= 0.3 is 0 Å². The quantitative estimate of drug-likeness (QED) is 0.498. The minimum atomic E-state index is -1.14. The minimum Gasteiger partial charge on any atom is -0.368 e. The van der Waals surface area contributed by atoms with E-state index in [9.17, 15) is 24.5 Å². The largest absolute Gasteiger partial charge is 0.368 e. The number of benzene rings is 2. The minimum absolute atomic E-state index is 0.121. The molecule has 0 aromatic heterocycles. The standard InChI is InChI=1S/C18H18N4O5/c1-11(23)20-14-7-4-6-13(9-14)18(25)21-15(17(19)24)10-12-5-2-3-8-16(12)22(26)27/h2-9,15H,10H2,1H3,(H2,19,24)(H,20,23)(H,21,25)/t15-/m0/s1. The maximum atomic E-state index is 12.4. The number of nitrogens with one attached hydrogen (secondary N) is 2. The van der Waals surface area contributed by atoms with Crippen molar-refractivity contribution in [2.75, 3.05) is 5.32 Å². The first-order valence-corrected chi connectivity index (χ1v) is 7.98. The molecule has 0 saturated heterocycles. The summed E-state index contributed by atoms with van der Waals surface area (Å²) in [6, 6.07) is 10.9. The summed E-state index contributed by atoms with van der Waals surface area (Å²) in [5, 5.41) is 16.1. The van der Waals surface area contributed by atoms with Crippen LogP contribution in [0.15, 0.2) is 48.5 Å². The van der Waals surface area contributed by atoms with E-state index in [1.165, 1.54) is 37.3 Å². The lowest BCUT2D eigenvalue weighted by molar-refractivity contribution is -0.385. The topological polar surface area (TPSA) is 144 Å². The molecule has 0 saturated carbocycles. The number of nitro groups is 1. The van der Waals surface area contributed by atoms with E-state index in [2.05, 4.69) is 10.6 Å². The first-order chi connectivity index (χ1) is 12.8. The summed E-state index contributed by atoms with van der Waals surface area (Å²) in [5.41, 5.74) is 6.09. The Hall–Kier alpha value is -3.75. The van der Waals surface area contributed by atoms with Crippen LogP contribution >= 0.6 is 0 Å². The number of nitrogens with two attached hydrogens (primary N) is 1. The van der Waals surface area contributed by atoms with Gasteiger partial charge in [-0.2, -0.15) is 0 Å². The molecule has 9 heteroatoms. The number of rotatable bonds is 7. The monoisotopic (exact) mass is 370 g/mol. The normalized spacial score (nSPS) is 11.3. The highest BCUT2D eigenvalue weighted by molar-refractivity contribution is 5.99. The van der Waals surface area contributed by atoms with Crippen molar-refractivity contribution >= 4 is 29.1 Å². The molecule has 0 aliphatic heterocycles. The van der Waals surface area contributed by atoms with Gasteiger partial charge in [0.1, 0.15) is 6.04 Å². The lowest BCUT2D eigenvalue weighted by Gasteiger charge is -2.16. The summed E-state index contributed by atoms with van der Waals surface area (Å²) < 4.78 is 0. The van der Waals surface area contributed by atoms with Gasteiger partial charge < -0.3 is 16.4 Å². The summed E-state index contributed by atoms with van der Waals surface area (Å²) in [5.74, 6) is -1.71. The van der Waals surface area contributed by atoms with Crippen molar-refractivity contribution in [1.29, 1.82) is 0 Å². The molecule has 0 bridgehead atoms. The van der Waals surface area contributed by atoms with Gasteiger partial charge in [-0.25, -0.2) is 0 Å². The maximum Gasteiger partial charge on any atom is 0.272 e. The van der Waals surface area contributed by atoms with Crippen molar-refractivity contribution in [3.63, 3.8) is 0 Å². The van der Waals surface area contributed by atoms with Crippen LogP contribution < -0.4 is 16.4 Å². The van der Waals surface area contributed by atoms with E-state index in [1.54, 1.807) is 18.2 Å². The highest BCUT2D eigenvalue weighted by Crippen LogP contribution is 2.19. The highest BCUT2D eigenvalue weighted by atomic mass is 16.6. The average Bonchev–Trinajstić information content (AvgIpc) is 2.61. The molecule has 9 nitrogen and oxygen atoms in total. The average molecular weight is 370 g/mol. The Bertz CT molecular complexity index is 897. The number of carbonyl (C=O) groups is 3. The van der Waals surface area contributed by atoms with E-state index in [1.807, 2.05) is 0 Å². The van der Waals surface area contributed by atoms with Crippen molar-refractivity contribution < 1.29 is 19.3 Å². The molecule has 0 aliphatic carbocycles. The van der Waals surface area contributed by atoms with Gasteiger partial charge in [-0.1, -0.05) is 24.3 Å². The molecule has 0 fully saturated rings. The van der Waals surface area contributed by atoms with E-state index in [0.29, 0.717) is 5.69 Å². The van der Waals surface area contributed by atoms with E-state index in [0.717, 1.165) is 0 Å². The molecule has 0 heterocycles. The molecule has 2 aromatic carbocycles. The number of nitro benzene ring substituents is 1. The van der Waals surface area contributed by atoms with E-state index in [-0.39, 0.29) is 29.1 Å². The summed E-state index contributed by atoms with van der Waals surface area (Å²) in [6.07, 6.45) is -0.121. The van der Waals surface area contributed by atoms with Gasteiger partial charge in [0.25, 0.3) is 11.6 Å². The molecule has 0 unspecified atom stereocenters. The van der Waals surface area contributed by atoms with E-state index >= 15 is 0 Å². The number of para-hydroxylation sites is 1. The fourth-order valence-electron chi connectivity index (χ4n) is 2.49. The Labute approximate surface area is 154 Å². The number of anilines is 1. The third kappa shape index (κ3) is 5.36. The van der Waals surface area contributed by atoms with Gasteiger partial charge in [0.15, 0.2) is 0 Å². The third-order valence-corrected chi connectivity index (χ3v) is 3.71.